The molecule has 0 saturated carbocycles. The van der Waals surface area contributed by atoms with Crippen LogP contribution in [-0.2, 0) is 16.0 Å². The number of H-pyrrole nitrogens is 1. The maximum absolute atomic E-state index is 13.6. The predicted molar refractivity (Wildman–Crippen MR) is 140 cm³/mol. The van der Waals surface area contributed by atoms with Gasteiger partial charge >= 0.3 is 0 Å². The fraction of sp³-hybridized carbons (Fsp3) is 0.444. The van der Waals surface area contributed by atoms with E-state index in [1.54, 1.807) is 13.2 Å². The molecular formula is C27H33N5O4. The Morgan fingerprint density at radius 3 is 2.86 bits per heavy atom. The first-order valence-corrected chi connectivity index (χ1v) is 12.5. The molecule has 190 valence electrons. The Bertz CT molecular complexity index is 1300. The van der Waals surface area contributed by atoms with Gasteiger partial charge in [0.2, 0.25) is 5.56 Å². The lowest BCUT2D eigenvalue weighted by Crippen LogP contribution is -2.35. The fourth-order valence-electron chi connectivity index (χ4n) is 5.12. The average Bonchev–Trinajstić information content (AvgIpc) is 3.33. The third-order valence-corrected chi connectivity index (χ3v) is 6.97. The number of nitrogens with zero attached hydrogens (tertiary/aromatic N) is 3. The molecule has 2 aliphatic heterocycles. The largest absolute Gasteiger partial charge is 0.384 e. The molecule has 2 fully saturated rings. The van der Waals surface area contributed by atoms with Gasteiger partial charge in [0.1, 0.15) is 5.82 Å². The molecule has 2 saturated heterocycles. The molecular weight excluding hydrogens is 458 g/mol. The summed E-state index contributed by atoms with van der Waals surface area (Å²) in [5.41, 5.74) is 3.71. The number of carbonyl (C=O) groups excluding carboxylic acids is 1. The zero-order valence-electron chi connectivity index (χ0n) is 20.9. The summed E-state index contributed by atoms with van der Waals surface area (Å²) in [5.74, 6) is 0.933. The van der Waals surface area contributed by atoms with E-state index in [1.165, 1.54) is 0 Å². The van der Waals surface area contributed by atoms with Crippen molar-refractivity contribution >= 4 is 28.3 Å². The van der Waals surface area contributed by atoms with E-state index in [4.69, 9.17) is 14.5 Å². The Kier molecular flexibility index (Phi) is 7.31. The summed E-state index contributed by atoms with van der Waals surface area (Å²) < 4.78 is 10.8. The molecule has 1 unspecified atom stereocenters. The van der Waals surface area contributed by atoms with Crippen LogP contribution in [0.2, 0.25) is 0 Å². The minimum absolute atomic E-state index is 0.137. The normalized spacial score (nSPS) is 18.6. The van der Waals surface area contributed by atoms with Gasteiger partial charge in [-0.15, -0.1) is 0 Å². The van der Waals surface area contributed by atoms with Crippen LogP contribution in [0, 0.1) is 12.8 Å². The number of fused-ring (bicyclic) bond motifs is 1. The maximum atomic E-state index is 13.6. The van der Waals surface area contributed by atoms with Crippen LogP contribution >= 0.6 is 0 Å². The minimum atomic E-state index is -0.196. The molecule has 0 bridgehead atoms. The van der Waals surface area contributed by atoms with E-state index in [2.05, 4.69) is 20.1 Å². The molecule has 9 heteroatoms. The summed E-state index contributed by atoms with van der Waals surface area (Å²) in [6.45, 7) is 8.15. The predicted octanol–water partition coefficient (Wildman–Crippen LogP) is 2.79. The Morgan fingerprint density at radius 2 is 2.06 bits per heavy atom. The number of benzene rings is 1. The number of anilines is 2. The quantitative estimate of drug-likeness (QED) is 0.524. The van der Waals surface area contributed by atoms with Crippen molar-refractivity contribution in [2.24, 2.45) is 5.92 Å². The van der Waals surface area contributed by atoms with Crippen LogP contribution in [0.1, 0.15) is 27.9 Å². The topological polar surface area (TPSA) is 99.8 Å². The molecule has 1 atom stereocenters. The number of pyridine rings is 2. The number of morpholine rings is 1. The maximum Gasteiger partial charge on any atom is 0.259 e. The van der Waals surface area contributed by atoms with Gasteiger partial charge < -0.3 is 24.7 Å². The standard InChI is InChI=1S/C27H33N5O4/c1-18-11-25(33)30-24-4-3-21(13-22(18)24)29-27(34)23-12-20(15-31-7-9-36-10-8-31)14-28-26(23)32-6-5-19(16-32)17-35-2/h3-4,11-14,19H,5-10,15-17H2,1-2H3,(H,29,34)(H,30,33). The molecule has 2 aromatic heterocycles. The minimum Gasteiger partial charge on any atom is -0.384 e. The number of hydrogen-bond acceptors (Lipinski definition) is 7. The van der Waals surface area contributed by atoms with E-state index in [1.807, 2.05) is 37.4 Å². The molecule has 2 N–H and O–H groups in total. The summed E-state index contributed by atoms with van der Waals surface area (Å²) in [4.78, 5) is 37.6. The van der Waals surface area contributed by atoms with Gasteiger partial charge in [-0.05, 0) is 48.7 Å². The van der Waals surface area contributed by atoms with E-state index in [0.717, 1.165) is 74.4 Å². The van der Waals surface area contributed by atoms with Gasteiger partial charge in [-0.3, -0.25) is 14.5 Å². The third kappa shape index (κ3) is 5.43. The highest BCUT2D eigenvalue weighted by Crippen LogP contribution is 2.28. The first-order valence-electron chi connectivity index (χ1n) is 12.5. The van der Waals surface area contributed by atoms with Gasteiger partial charge in [-0.2, -0.15) is 0 Å². The van der Waals surface area contributed by atoms with Gasteiger partial charge in [-0.25, -0.2) is 4.98 Å². The van der Waals surface area contributed by atoms with Crippen LogP contribution in [0.25, 0.3) is 10.9 Å². The average molecular weight is 492 g/mol. The second kappa shape index (κ2) is 10.8. The molecule has 4 heterocycles. The second-order valence-corrected chi connectivity index (χ2v) is 9.69. The van der Waals surface area contributed by atoms with Crippen molar-refractivity contribution in [1.29, 1.82) is 0 Å². The van der Waals surface area contributed by atoms with E-state index in [9.17, 15) is 9.59 Å². The van der Waals surface area contributed by atoms with Crippen molar-refractivity contribution in [3.8, 4) is 0 Å². The Hall–Kier alpha value is -3.27. The number of rotatable bonds is 7. The van der Waals surface area contributed by atoms with Crippen molar-refractivity contribution in [2.75, 3.05) is 63.3 Å². The molecule has 0 radical (unpaired) electrons. The molecule has 1 aromatic carbocycles. The van der Waals surface area contributed by atoms with Gasteiger partial charge in [0.05, 0.1) is 25.4 Å². The van der Waals surface area contributed by atoms with Crippen LogP contribution in [0.4, 0.5) is 11.5 Å². The first kappa shape index (κ1) is 24.4. The van der Waals surface area contributed by atoms with Crippen LogP contribution in [0.3, 0.4) is 0 Å². The van der Waals surface area contributed by atoms with Gasteiger partial charge in [0.25, 0.3) is 5.91 Å². The molecule has 0 aliphatic carbocycles. The lowest BCUT2D eigenvalue weighted by Gasteiger charge is -2.27. The summed E-state index contributed by atoms with van der Waals surface area (Å²) in [6, 6.07) is 9.07. The highest BCUT2D eigenvalue weighted by molar-refractivity contribution is 6.08. The first-order chi connectivity index (χ1) is 17.5. The SMILES string of the molecule is COCC1CCN(c2ncc(CN3CCOCC3)cc2C(=O)Nc2ccc3[nH]c(=O)cc(C)c3c2)C1. The van der Waals surface area contributed by atoms with E-state index >= 15 is 0 Å². The molecule has 0 spiro atoms. The number of aryl methyl sites for hydroxylation is 1. The monoisotopic (exact) mass is 491 g/mol. The fourth-order valence-corrected chi connectivity index (χ4v) is 5.12. The van der Waals surface area contributed by atoms with E-state index in [0.29, 0.717) is 29.6 Å². The number of nitrogens with one attached hydrogen (secondary N) is 2. The summed E-state index contributed by atoms with van der Waals surface area (Å²) >= 11 is 0. The Morgan fingerprint density at radius 1 is 1.22 bits per heavy atom. The van der Waals surface area contributed by atoms with Crippen molar-refractivity contribution in [1.82, 2.24) is 14.9 Å². The Balaban J connectivity index is 1.43. The number of carbonyl (C=O) groups is 1. The van der Waals surface area contributed by atoms with Gasteiger partial charge in [0, 0.05) is 74.6 Å². The van der Waals surface area contributed by atoms with Crippen LogP contribution in [-0.4, -0.2) is 73.9 Å². The van der Waals surface area contributed by atoms with Crippen LogP contribution in [0.5, 0.6) is 0 Å². The zero-order chi connectivity index (χ0) is 25.1. The molecule has 5 rings (SSSR count). The summed E-state index contributed by atoms with van der Waals surface area (Å²) in [5, 5.41) is 3.96. The van der Waals surface area contributed by atoms with E-state index in [-0.39, 0.29) is 11.5 Å². The number of hydrogen-bond donors (Lipinski definition) is 2. The van der Waals surface area contributed by atoms with Gasteiger partial charge in [-0.1, -0.05) is 0 Å². The van der Waals surface area contributed by atoms with Crippen molar-refractivity contribution in [3.63, 3.8) is 0 Å². The van der Waals surface area contributed by atoms with Crippen molar-refractivity contribution in [2.45, 2.75) is 19.9 Å². The molecule has 36 heavy (non-hydrogen) atoms. The number of methoxy groups -OCH3 is 1. The zero-order valence-corrected chi connectivity index (χ0v) is 20.9. The smallest absolute Gasteiger partial charge is 0.259 e. The summed E-state index contributed by atoms with van der Waals surface area (Å²) in [7, 11) is 1.72. The van der Waals surface area contributed by atoms with Crippen LogP contribution < -0.4 is 15.8 Å². The van der Waals surface area contributed by atoms with E-state index < -0.39 is 0 Å². The summed E-state index contributed by atoms with van der Waals surface area (Å²) in [6.07, 6.45) is 2.90. The van der Waals surface area contributed by atoms with Crippen molar-refractivity contribution < 1.29 is 14.3 Å². The van der Waals surface area contributed by atoms with Crippen molar-refractivity contribution in [3.05, 3.63) is 63.6 Å². The molecule has 1 amide bonds. The highest BCUT2D eigenvalue weighted by atomic mass is 16.5. The number of ether oxygens (including phenoxy) is 2. The highest BCUT2D eigenvalue weighted by Gasteiger charge is 2.27. The van der Waals surface area contributed by atoms with Crippen LogP contribution in [0.15, 0.2) is 41.3 Å². The lowest BCUT2D eigenvalue weighted by atomic mass is 10.1. The lowest BCUT2D eigenvalue weighted by molar-refractivity contribution is 0.0341. The molecule has 9 nitrogen and oxygen atoms in total. The molecule has 2 aliphatic rings. The second-order valence-electron chi connectivity index (χ2n) is 9.69. The Labute approximate surface area is 210 Å². The number of amides is 1. The number of aromatic amines is 1. The third-order valence-electron chi connectivity index (χ3n) is 6.97. The molecule has 3 aromatic rings. The van der Waals surface area contributed by atoms with Gasteiger partial charge in [0.15, 0.2) is 0 Å². The number of aromatic nitrogens is 2.